The number of rotatable bonds is 10. The van der Waals surface area contributed by atoms with Crippen LogP contribution in [-0.2, 0) is 42.9 Å². The molecular formula is C51H75NO14. The first-order chi connectivity index (χ1) is 31.3. The van der Waals surface area contributed by atoms with Crippen molar-refractivity contribution in [3.05, 3.63) is 53.1 Å². The molecule has 0 aromatic heterocycles. The summed E-state index contributed by atoms with van der Waals surface area (Å²) in [4.78, 5) is 71.1. The second-order valence-electron chi connectivity index (χ2n) is 19.4. The molecule has 3 aliphatic heterocycles. The Balaban J connectivity index is 1.43. The molecule has 3 heterocycles. The Morgan fingerprint density at radius 3 is 2.30 bits per heavy atom. The quantitative estimate of drug-likeness (QED) is 0.111. The van der Waals surface area contributed by atoms with Crippen LogP contribution < -0.4 is 4.74 Å². The SMILES string of the molecule is CCC1C=C(C)CC(C)CC(OC)C2OC(O)(C(=O)C(=O)N3CCCCC3C(=O)OC(C(C)=CC3CCC(OCC(=O)c4cccc(OC)c4)C(O)C3)C(C)C(O)CC1=O)C(C)CC2OC. The summed E-state index contributed by atoms with van der Waals surface area (Å²) >= 11 is 0. The average Bonchev–Trinajstić information content (AvgIpc) is 3.30. The monoisotopic (exact) mass is 926 g/mol. The van der Waals surface area contributed by atoms with Crippen molar-refractivity contribution in [3.8, 4) is 5.75 Å². The highest BCUT2D eigenvalue weighted by Crippen LogP contribution is 2.39. The zero-order valence-electron chi connectivity index (χ0n) is 40.4. The van der Waals surface area contributed by atoms with E-state index < -0.39 is 90.0 Å². The summed E-state index contributed by atoms with van der Waals surface area (Å²) in [5.74, 6) is -7.72. The lowest BCUT2D eigenvalue weighted by molar-refractivity contribution is -0.302. The van der Waals surface area contributed by atoms with Gasteiger partial charge < -0.3 is 48.6 Å². The van der Waals surface area contributed by atoms with Crippen LogP contribution in [0.15, 0.2) is 47.6 Å². The molecule has 1 aromatic carbocycles. The number of hydrogen-bond acceptors (Lipinski definition) is 14. The number of cyclic esters (lactones) is 1. The predicted octanol–water partition coefficient (Wildman–Crippen LogP) is 5.73. The maximum atomic E-state index is 14.5. The van der Waals surface area contributed by atoms with Gasteiger partial charge in [-0.05, 0) is 108 Å². The topological polar surface area (TPSA) is 205 Å². The van der Waals surface area contributed by atoms with E-state index in [-0.39, 0.29) is 55.8 Å². The third kappa shape index (κ3) is 12.8. The van der Waals surface area contributed by atoms with Gasteiger partial charge >= 0.3 is 5.97 Å². The van der Waals surface area contributed by atoms with Crippen molar-refractivity contribution in [1.82, 2.24) is 4.90 Å². The number of allylic oxidation sites excluding steroid dienone is 3. The molecule has 14 unspecified atom stereocenters. The number of benzene rings is 1. The van der Waals surface area contributed by atoms with Gasteiger partial charge in [0.15, 0.2) is 5.78 Å². The normalized spacial score (nSPS) is 36.1. The Kier molecular flexibility index (Phi) is 19.3. The summed E-state index contributed by atoms with van der Waals surface area (Å²) in [5.41, 5.74) is 1.99. The minimum absolute atomic E-state index is 0.00907. The smallest absolute Gasteiger partial charge is 0.329 e. The number of hydrogen-bond donors (Lipinski definition) is 3. The van der Waals surface area contributed by atoms with Gasteiger partial charge in [-0.3, -0.25) is 19.2 Å². The van der Waals surface area contributed by atoms with Gasteiger partial charge in [0.1, 0.15) is 36.4 Å². The fraction of sp³-hybridized carbons (Fsp3) is 0.706. The van der Waals surface area contributed by atoms with Crippen molar-refractivity contribution < 1.29 is 67.7 Å². The summed E-state index contributed by atoms with van der Waals surface area (Å²) < 4.78 is 35.5. The summed E-state index contributed by atoms with van der Waals surface area (Å²) in [5, 5.41) is 35.1. The van der Waals surface area contributed by atoms with Gasteiger partial charge in [-0.2, -0.15) is 0 Å². The molecule has 15 heteroatoms. The number of ketones is 3. The van der Waals surface area contributed by atoms with Gasteiger partial charge in [0, 0.05) is 50.5 Å². The summed E-state index contributed by atoms with van der Waals surface area (Å²) in [7, 11) is 4.57. The Morgan fingerprint density at radius 1 is 0.924 bits per heavy atom. The number of carbonyl (C=O) groups excluding carboxylic acids is 5. The molecule has 3 fully saturated rings. The predicted molar refractivity (Wildman–Crippen MR) is 244 cm³/mol. The van der Waals surface area contributed by atoms with E-state index in [1.54, 1.807) is 45.0 Å². The van der Waals surface area contributed by atoms with Gasteiger partial charge in [-0.1, -0.05) is 57.6 Å². The average molecular weight is 926 g/mol. The van der Waals surface area contributed by atoms with Crippen LogP contribution in [0.25, 0.3) is 0 Å². The van der Waals surface area contributed by atoms with Crippen LogP contribution in [0.5, 0.6) is 5.75 Å². The molecule has 2 bridgehead atoms. The van der Waals surface area contributed by atoms with E-state index in [1.165, 1.54) is 21.3 Å². The van der Waals surface area contributed by atoms with Crippen LogP contribution in [0.1, 0.15) is 123 Å². The molecule has 1 aliphatic carbocycles. The lowest BCUT2D eigenvalue weighted by Crippen LogP contribution is -2.64. The maximum absolute atomic E-state index is 14.5. The number of piperidine rings is 1. The van der Waals surface area contributed by atoms with E-state index in [2.05, 4.69) is 0 Å². The Hall–Kier alpha value is -3.83. The van der Waals surface area contributed by atoms with Gasteiger partial charge in [0.05, 0.1) is 37.6 Å². The highest BCUT2D eigenvalue weighted by Gasteiger charge is 2.56. The molecule has 3 N–H and O–H groups in total. The van der Waals surface area contributed by atoms with Crippen LogP contribution in [-0.4, -0.2) is 138 Å². The molecule has 4 aliphatic rings. The molecule has 1 aromatic rings. The lowest BCUT2D eigenvalue weighted by atomic mass is 9.81. The largest absolute Gasteiger partial charge is 0.497 e. The number of aliphatic hydroxyl groups is 3. The minimum atomic E-state index is -2.54. The summed E-state index contributed by atoms with van der Waals surface area (Å²) in [6.07, 6.45) is 2.13. The van der Waals surface area contributed by atoms with Crippen LogP contribution in [0, 0.1) is 29.6 Å². The fourth-order valence-corrected chi connectivity index (χ4v) is 10.4. The molecule has 1 saturated carbocycles. The van der Waals surface area contributed by atoms with Crippen LogP contribution in [0.3, 0.4) is 0 Å². The van der Waals surface area contributed by atoms with Crippen molar-refractivity contribution in [2.75, 3.05) is 34.5 Å². The van der Waals surface area contributed by atoms with Gasteiger partial charge in [0.2, 0.25) is 5.79 Å². The number of carbonyl (C=O) groups is 5. The molecule has 368 valence electrons. The first-order valence-corrected chi connectivity index (χ1v) is 23.9. The molecule has 14 atom stereocenters. The fourth-order valence-electron chi connectivity index (χ4n) is 10.4. The number of Topliss-reactive ketones (excluding diaryl/α,β-unsaturated/α-hetero) is 3. The second-order valence-corrected chi connectivity index (χ2v) is 19.4. The van der Waals surface area contributed by atoms with Crippen molar-refractivity contribution in [1.29, 1.82) is 0 Å². The van der Waals surface area contributed by atoms with E-state index in [1.807, 2.05) is 32.9 Å². The first-order valence-electron chi connectivity index (χ1n) is 23.9. The van der Waals surface area contributed by atoms with Crippen molar-refractivity contribution in [2.45, 2.75) is 167 Å². The maximum Gasteiger partial charge on any atom is 0.329 e. The minimum Gasteiger partial charge on any atom is -0.497 e. The number of nitrogens with zero attached hydrogens (tertiary/aromatic N) is 1. The third-order valence-electron chi connectivity index (χ3n) is 14.4. The molecule has 0 radical (unpaired) electrons. The number of esters is 1. The molecule has 15 nitrogen and oxygen atoms in total. The summed E-state index contributed by atoms with van der Waals surface area (Å²) in [6.45, 7) is 10.9. The Morgan fingerprint density at radius 2 is 1.64 bits per heavy atom. The zero-order chi connectivity index (χ0) is 48.5. The van der Waals surface area contributed by atoms with Gasteiger partial charge in [-0.15, -0.1) is 0 Å². The van der Waals surface area contributed by atoms with Gasteiger partial charge in [0.25, 0.3) is 11.7 Å². The van der Waals surface area contributed by atoms with E-state index in [4.69, 9.17) is 28.4 Å². The zero-order valence-corrected chi connectivity index (χ0v) is 40.4. The number of methoxy groups -OCH3 is 3. The number of aliphatic hydroxyl groups excluding tert-OH is 2. The van der Waals surface area contributed by atoms with Crippen molar-refractivity contribution in [3.63, 3.8) is 0 Å². The molecular weight excluding hydrogens is 851 g/mol. The molecule has 5 rings (SSSR count). The van der Waals surface area contributed by atoms with E-state index in [9.17, 15) is 39.3 Å². The van der Waals surface area contributed by atoms with Crippen LogP contribution >= 0.6 is 0 Å². The van der Waals surface area contributed by atoms with Crippen molar-refractivity contribution >= 4 is 29.2 Å². The number of amides is 1. The number of fused-ring (bicyclic) bond motifs is 3. The molecule has 66 heavy (non-hydrogen) atoms. The lowest BCUT2D eigenvalue weighted by Gasteiger charge is -2.47. The molecule has 2 saturated heterocycles. The third-order valence-corrected chi connectivity index (χ3v) is 14.4. The Labute approximate surface area is 390 Å². The first kappa shape index (κ1) is 53.1. The van der Waals surface area contributed by atoms with Gasteiger partial charge in [-0.25, -0.2) is 4.79 Å². The second kappa shape index (κ2) is 23.9. The van der Waals surface area contributed by atoms with E-state index in [0.717, 1.165) is 10.5 Å². The summed E-state index contributed by atoms with van der Waals surface area (Å²) in [6, 6.07) is 5.59. The van der Waals surface area contributed by atoms with Crippen LogP contribution in [0.2, 0.25) is 0 Å². The highest BCUT2D eigenvalue weighted by molar-refractivity contribution is 6.39. The van der Waals surface area contributed by atoms with E-state index in [0.29, 0.717) is 68.3 Å². The Bertz CT molecular complexity index is 1910. The van der Waals surface area contributed by atoms with Crippen LogP contribution in [0.4, 0.5) is 0 Å². The molecule has 1 amide bonds. The van der Waals surface area contributed by atoms with E-state index >= 15 is 0 Å². The number of ether oxygens (including phenoxy) is 6. The molecule has 0 spiro atoms. The van der Waals surface area contributed by atoms with Crippen molar-refractivity contribution in [2.24, 2.45) is 29.6 Å². The standard InChI is InChI=1S/C51H75NO14/c1-10-35-21-29(2)20-30(3)22-44(62-8)47-45(63-9)24-32(5)51(60,66-47)48(57)49(58)52-19-12-11-16-38(52)50(59)65-46(33(6)39(53)27-40(35)54)31(4)23-34-17-18-43(41(55)25-34)64-28-42(56)36-14-13-15-37(26-36)61-7/h13-15,21,23,26,30,32-35,38-39,41,43-47,53,55,60H,10-12,16-20,22,24-25,27-28H2,1-9H3. The highest BCUT2D eigenvalue weighted by atomic mass is 16.7.